The SMILES string of the molecule is C=CC(=O)NCCNC(=O)OCC(CCCC)CCCCCC. The van der Waals surface area contributed by atoms with Gasteiger partial charge in [0.05, 0.1) is 6.61 Å². The van der Waals surface area contributed by atoms with Gasteiger partial charge in [0.1, 0.15) is 0 Å². The minimum Gasteiger partial charge on any atom is -0.449 e. The molecule has 2 N–H and O–H groups in total. The highest BCUT2D eigenvalue weighted by molar-refractivity contribution is 5.86. The molecule has 0 rings (SSSR count). The molecular formula is C18H34N2O3. The monoisotopic (exact) mass is 326 g/mol. The second kappa shape index (κ2) is 15.4. The van der Waals surface area contributed by atoms with E-state index in [1.807, 2.05) is 0 Å². The standard InChI is InChI=1S/C18H34N2O3/c1-4-7-9-10-12-16(11-8-5-2)15-23-18(22)20-14-13-19-17(21)6-3/h6,16H,3-5,7-15H2,1-2H3,(H,19,21)(H,20,22). The van der Waals surface area contributed by atoms with Gasteiger partial charge in [-0.1, -0.05) is 59.0 Å². The molecule has 0 heterocycles. The van der Waals surface area contributed by atoms with E-state index in [9.17, 15) is 9.59 Å². The Labute approximate surface area is 141 Å². The molecule has 0 aliphatic heterocycles. The lowest BCUT2D eigenvalue weighted by molar-refractivity contribution is -0.116. The average Bonchev–Trinajstić information content (AvgIpc) is 2.56. The van der Waals surface area contributed by atoms with Gasteiger partial charge >= 0.3 is 6.09 Å². The van der Waals surface area contributed by atoms with Crippen LogP contribution in [0.15, 0.2) is 12.7 Å². The maximum absolute atomic E-state index is 11.6. The quantitative estimate of drug-likeness (QED) is 0.377. The molecule has 23 heavy (non-hydrogen) atoms. The molecule has 0 saturated heterocycles. The number of hydrogen-bond donors (Lipinski definition) is 2. The summed E-state index contributed by atoms with van der Waals surface area (Å²) in [4.78, 5) is 22.6. The van der Waals surface area contributed by atoms with Crippen LogP contribution in [0, 0.1) is 5.92 Å². The Morgan fingerprint density at radius 3 is 2.30 bits per heavy atom. The van der Waals surface area contributed by atoms with Crippen molar-refractivity contribution in [3.05, 3.63) is 12.7 Å². The van der Waals surface area contributed by atoms with Crippen molar-refractivity contribution < 1.29 is 14.3 Å². The van der Waals surface area contributed by atoms with Gasteiger partial charge in [-0.15, -0.1) is 0 Å². The lowest BCUT2D eigenvalue weighted by atomic mass is 9.96. The Hall–Kier alpha value is -1.52. The summed E-state index contributed by atoms with van der Waals surface area (Å²) < 4.78 is 5.31. The fourth-order valence-electron chi connectivity index (χ4n) is 2.33. The van der Waals surface area contributed by atoms with Crippen molar-refractivity contribution in [2.45, 2.75) is 65.2 Å². The molecule has 0 bridgehead atoms. The molecule has 1 unspecified atom stereocenters. The number of nitrogens with one attached hydrogen (secondary N) is 2. The smallest absolute Gasteiger partial charge is 0.407 e. The van der Waals surface area contributed by atoms with E-state index in [2.05, 4.69) is 31.1 Å². The van der Waals surface area contributed by atoms with Crippen LogP contribution in [0.25, 0.3) is 0 Å². The van der Waals surface area contributed by atoms with Gasteiger partial charge in [0.15, 0.2) is 0 Å². The summed E-state index contributed by atoms with van der Waals surface area (Å²) in [5.41, 5.74) is 0. The van der Waals surface area contributed by atoms with Crippen molar-refractivity contribution >= 4 is 12.0 Å². The van der Waals surface area contributed by atoms with E-state index in [-0.39, 0.29) is 5.91 Å². The Kier molecular flexibility index (Phi) is 14.4. The molecule has 134 valence electrons. The largest absolute Gasteiger partial charge is 0.449 e. The Balaban J connectivity index is 3.85. The van der Waals surface area contributed by atoms with Crippen LogP contribution in [-0.2, 0) is 9.53 Å². The van der Waals surface area contributed by atoms with Crippen LogP contribution in [0.5, 0.6) is 0 Å². The van der Waals surface area contributed by atoms with E-state index in [4.69, 9.17) is 4.74 Å². The average molecular weight is 326 g/mol. The third-order valence-corrected chi connectivity index (χ3v) is 3.76. The fourth-order valence-corrected chi connectivity index (χ4v) is 2.33. The van der Waals surface area contributed by atoms with Crippen LogP contribution < -0.4 is 10.6 Å². The molecule has 5 nitrogen and oxygen atoms in total. The number of alkyl carbamates (subject to hydrolysis) is 1. The number of hydrogen-bond acceptors (Lipinski definition) is 3. The molecular weight excluding hydrogens is 292 g/mol. The van der Waals surface area contributed by atoms with Gasteiger partial charge in [0.25, 0.3) is 0 Å². The molecule has 0 aromatic carbocycles. The first kappa shape index (κ1) is 21.5. The molecule has 0 aliphatic rings. The van der Waals surface area contributed by atoms with E-state index in [0.29, 0.717) is 25.6 Å². The van der Waals surface area contributed by atoms with Gasteiger partial charge in [-0.2, -0.15) is 0 Å². The number of carbonyl (C=O) groups is 2. The van der Waals surface area contributed by atoms with E-state index >= 15 is 0 Å². The summed E-state index contributed by atoms with van der Waals surface area (Å²) in [6.45, 7) is 8.96. The Bertz CT molecular complexity index is 332. The van der Waals surface area contributed by atoms with Gasteiger partial charge in [-0.05, 0) is 24.8 Å². The molecule has 0 saturated carbocycles. The summed E-state index contributed by atoms with van der Waals surface area (Å²) in [5, 5.41) is 5.23. The summed E-state index contributed by atoms with van der Waals surface area (Å²) in [7, 11) is 0. The van der Waals surface area contributed by atoms with Crippen LogP contribution in [-0.4, -0.2) is 31.7 Å². The summed E-state index contributed by atoms with van der Waals surface area (Å²) in [6.07, 6.45) is 10.4. The van der Waals surface area contributed by atoms with Gasteiger partial charge in [-0.3, -0.25) is 4.79 Å². The van der Waals surface area contributed by atoms with Gasteiger partial charge < -0.3 is 15.4 Å². The highest BCUT2D eigenvalue weighted by Crippen LogP contribution is 2.17. The zero-order chi connectivity index (χ0) is 17.3. The van der Waals surface area contributed by atoms with Crippen LogP contribution in [0.3, 0.4) is 0 Å². The molecule has 1 atom stereocenters. The second-order valence-electron chi connectivity index (χ2n) is 5.88. The molecule has 0 spiro atoms. The lowest BCUT2D eigenvalue weighted by Gasteiger charge is -2.17. The molecule has 0 fully saturated rings. The molecule has 5 heteroatoms. The third kappa shape index (κ3) is 13.8. The zero-order valence-electron chi connectivity index (χ0n) is 14.9. The van der Waals surface area contributed by atoms with Crippen molar-refractivity contribution in [3.8, 4) is 0 Å². The van der Waals surface area contributed by atoms with Crippen molar-refractivity contribution in [2.75, 3.05) is 19.7 Å². The van der Waals surface area contributed by atoms with Gasteiger partial charge in [-0.25, -0.2) is 4.79 Å². The molecule has 0 aliphatic carbocycles. The van der Waals surface area contributed by atoms with Crippen LogP contribution >= 0.6 is 0 Å². The number of carbonyl (C=O) groups excluding carboxylic acids is 2. The lowest BCUT2D eigenvalue weighted by Crippen LogP contribution is -2.34. The Morgan fingerprint density at radius 2 is 1.65 bits per heavy atom. The van der Waals surface area contributed by atoms with Gasteiger partial charge in [0, 0.05) is 13.1 Å². The number of rotatable bonds is 14. The first-order valence-electron chi connectivity index (χ1n) is 8.94. The van der Waals surface area contributed by atoms with Crippen molar-refractivity contribution in [1.82, 2.24) is 10.6 Å². The third-order valence-electron chi connectivity index (χ3n) is 3.76. The normalized spacial score (nSPS) is 11.6. The minimum absolute atomic E-state index is 0.244. The highest BCUT2D eigenvalue weighted by Gasteiger charge is 2.11. The van der Waals surface area contributed by atoms with E-state index < -0.39 is 6.09 Å². The predicted octanol–water partition coefficient (Wildman–Crippen LogP) is 3.79. The van der Waals surface area contributed by atoms with Crippen LogP contribution in [0.1, 0.15) is 65.2 Å². The first-order chi connectivity index (χ1) is 11.1. The number of unbranched alkanes of at least 4 members (excludes halogenated alkanes) is 4. The van der Waals surface area contributed by atoms with E-state index in [1.54, 1.807) is 0 Å². The maximum Gasteiger partial charge on any atom is 0.407 e. The molecule has 2 amide bonds. The van der Waals surface area contributed by atoms with Crippen LogP contribution in [0.4, 0.5) is 4.79 Å². The van der Waals surface area contributed by atoms with E-state index in [0.717, 1.165) is 12.8 Å². The van der Waals surface area contributed by atoms with Crippen molar-refractivity contribution in [1.29, 1.82) is 0 Å². The molecule has 0 aromatic heterocycles. The fraction of sp³-hybridized carbons (Fsp3) is 0.778. The second-order valence-corrected chi connectivity index (χ2v) is 5.88. The highest BCUT2D eigenvalue weighted by atomic mass is 16.5. The Morgan fingerprint density at radius 1 is 1.00 bits per heavy atom. The van der Waals surface area contributed by atoms with Gasteiger partial charge in [0.2, 0.25) is 5.91 Å². The van der Waals surface area contributed by atoms with Crippen LogP contribution in [0.2, 0.25) is 0 Å². The molecule has 0 radical (unpaired) electrons. The summed E-state index contributed by atoms with van der Waals surface area (Å²) in [5.74, 6) is 0.213. The number of amides is 2. The van der Waals surface area contributed by atoms with Crippen molar-refractivity contribution in [3.63, 3.8) is 0 Å². The van der Waals surface area contributed by atoms with Crippen molar-refractivity contribution in [2.24, 2.45) is 5.92 Å². The first-order valence-corrected chi connectivity index (χ1v) is 8.94. The maximum atomic E-state index is 11.6. The summed E-state index contributed by atoms with van der Waals surface area (Å²) in [6, 6.07) is 0. The number of ether oxygens (including phenoxy) is 1. The topological polar surface area (TPSA) is 67.4 Å². The molecule has 0 aromatic rings. The minimum atomic E-state index is -0.409. The van der Waals surface area contributed by atoms with E-state index in [1.165, 1.54) is 44.6 Å². The predicted molar refractivity (Wildman–Crippen MR) is 94.3 cm³/mol. The zero-order valence-corrected chi connectivity index (χ0v) is 14.9. The summed E-state index contributed by atoms with van der Waals surface area (Å²) >= 11 is 0.